The van der Waals surface area contributed by atoms with Crippen molar-refractivity contribution in [2.24, 2.45) is 0 Å². The van der Waals surface area contributed by atoms with Crippen molar-refractivity contribution in [1.29, 1.82) is 0 Å². The smallest absolute Gasteiger partial charge is 0.387 e. The maximum Gasteiger partial charge on any atom is 0.771 e. The number of hydrogen-bond acceptors (Lipinski definition) is 3. The second-order valence-corrected chi connectivity index (χ2v) is 5.14. The zero-order chi connectivity index (χ0) is 15.1. The summed E-state index contributed by atoms with van der Waals surface area (Å²) in [4.78, 5) is 0. The predicted molar refractivity (Wildman–Crippen MR) is 77.5 cm³/mol. The Labute approximate surface area is 127 Å². The van der Waals surface area contributed by atoms with Crippen molar-refractivity contribution in [1.82, 2.24) is 4.57 Å². The van der Waals surface area contributed by atoms with E-state index in [-0.39, 0.29) is 0 Å². The molecule has 0 radical (unpaired) electrons. The number of benzene rings is 1. The summed E-state index contributed by atoms with van der Waals surface area (Å²) in [6.45, 7) is 0.718. The average molecular weight is 295 g/mol. The van der Waals surface area contributed by atoms with Crippen molar-refractivity contribution in [3.8, 4) is 17.1 Å². The van der Waals surface area contributed by atoms with Crippen molar-refractivity contribution < 1.29 is 24.1 Å². The molecule has 6 nitrogen and oxygen atoms in total. The van der Waals surface area contributed by atoms with Crippen LogP contribution in [0.1, 0.15) is 5.56 Å². The standard InChI is InChI=1S/C15H14BN3O3/c20-16(21)22-19-8-4-5-12-9-18-11-17(10-14(18)15(12)19)13-6-2-1-3-7-13/h1-8,10-11,20-21H,9H2/q+2. The Morgan fingerprint density at radius 3 is 2.68 bits per heavy atom. The lowest BCUT2D eigenvalue weighted by Gasteiger charge is -1.99. The van der Waals surface area contributed by atoms with Crippen LogP contribution in [0.2, 0.25) is 0 Å². The fraction of sp³-hybridized carbons (Fsp3) is 0.0667. The van der Waals surface area contributed by atoms with Gasteiger partial charge >= 0.3 is 13.0 Å². The fourth-order valence-corrected chi connectivity index (χ4v) is 2.83. The van der Waals surface area contributed by atoms with Crippen LogP contribution in [0.25, 0.3) is 17.1 Å². The minimum atomic E-state index is -1.86. The first kappa shape index (κ1) is 13.1. The Morgan fingerprint density at radius 2 is 1.91 bits per heavy atom. The fourth-order valence-electron chi connectivity index (χ4n) is 2.83. The van der Waals surface area contributed by atoms with Crippen molar-refractivity contribution >= 4 is 7.32 Å². The van der Waals surface area contributed by atoms with E-state index in [9.17, 15) is 0 Å². The van der Waals surface area contributed by atoms with Gasteiger partial charge in [-0.15, -0.1) is 0 Å². The van der Waals surface area contributed by atoms with Gasteiger partial charge in [0.1, 0.15) is 18.4 Å². The van der Waals surface area contributed by atoms with E-state index < -0.39 is 7.32 Å². The van der Waals surface area contributed by atoms with Crippen molar-refractivity contribution in [3.63, 3.8) is 0 Å². The van der Waals surface area contributed by atoms with E-state index in [0.29, 0.717) is 0 Å². The van der Waals surface area contributed by atoms with Gasteiger partial charge in [-0.25, -0.2) is 9.13 Å². The van der Waals surface area contributed by atoms with Gasteiger partial charge in [0.05, 0.1) is 5.56 Å². The minimum absolute atomic E-state index is 0.718. The van der Waals surface area contributed by atoms with Crippen LogP contribution >= 0.6 is 0 Å². The Balaban J connectivity index is 1.81. The topological polar surface area (TPSA) is 62.4 Å². The van der Waals surface area contributed by atoms with Crippen molar-refractivity contribution in [3.05, 3.63) is 66.7 Å². The highest BCUT2D eigenvalue weighted by Gasteiger charge is 2.37. The highest BCUT2D eigenvalue weighted by molar-refractivity contribution is 6.32. The van der Waals surface area contributed by atoms with E-state index in [0.717, 1.165) is 29.2 Å². The van der Waals surface area contributed by atoms with Crippen LogP contribution < -0.4 is 14.1 Å². The summed E-state index contributed by atoms with van der Waals surface area (Å²) in [6.07, 6.45) is 5.68. The Morgan fingerprint density at radius 1 is 1.09 bits per heavy atom. The van der Waals surface area contributed by atoms with E-state index in [1.54, 1.807) is 6.20 Å². The van der Waals surface area contributed by atoms with Crippen LogP contribution in [0.4, 0.5) is 0 Å². The SMILES string of the molecule is OB(O)O[n+]1cccc2c1-c1cn(-c3ccccc3)c[n+]1C2. The van der Waals surface area contributed by atoms with Crippen LogP contribution in [0.3, 0.4) is 0 Å². The van der Waals surface area contributed by atoms with Gasteiger partial charge in [-0.05, 0) is 18.2 Å². The molecule has 22 heavy (non-hydrogen) atoms. The Bertz CT molecular complexity index is 833. The maximum atomic E-state index is 9.07. The Kier molecular flexibility index (Phi) is 2.95. The molecule has 0 atom stereocenters. The first-order valence-electron chi connectivity index (χ1n) is 6.96. The maximum absolute atomic E-state index is 9.07. The normalized spacial score (nSPS) is 11.9. The van der Waals surface area contributed by atoms with Crippen LogP contribution in [0.15, 0.2) is 61.2 Å². The van der Waals surface area contributed by atoms with Gasteiger partial charge in [0.2, 0.25) is 18.2 Å². The summed E-state index contributed by atoms with van der Waals surface area (Å²) < 4.78 is 10.6. The van der Waals surface area contributed by atoms with Crippen molar-refractivity contribution in [2.45, 2.75) is 6.54 Å². The average Bonchev–Trinajstić information content (AvgIpc) is 3.05. The molecule has 108 valence electrons. The highest BCUT2D eigenvalue weighted by Crippen LogP contribution is 2.23. The van der Waals surface area contributed by atoms with Gasteiger partial charge in [0.25, 0.3) is 0 Å². The molecule has 1 aliphatic rings. The van der Waals surface area contributed by atoms with Gasteiger partial charge < -0.3 is 10.0 Å². The summed E-state index contributed by atoms with van der Waals surface area (Å²) in [5.74, 6) is 0. The number of aromatic nitrogens is 3. The molecular weight excluding hydrogens is 281 g/mol. The lowest BCUT2D eigenvalue weighted by Crippen LogP contribution is -2.51. The van der Waals surface area contributed by atoms with Gasteiger partial charge in [0.15, 0.2) is 0 Å². The molecule has 0 spiro atoms. The molecule has 0 fully saturated rings. The lowest BCUT2D eigenvalue weighted by molar-refractivity contribution is -0.858. The quantitative estimate of drug-likeness (QED) is 0.395. The molecular formula is C15H14BN3O3+2. The summed E-state index contributed by atoms with van der Waals surface area (Å²) >= 11 is 0. The van der Waals surface area contributed by atoms with Crippen LogP contribution in [0.5, 0.6) is 0 Å². The molecule has 3 aromatic rings. The summed E-state index contributed by atoms with van der Waals surface area (Å²) in [7, 11) is -1.86. The lowest BCUT2D eigenvalue weighted by atomic mass is 10.2. The van der Waals surface area contributed by atoms with Crippen molar-refractivity contribution in [2.75, 3.05) is 0 Å². The summed E-state index contributed by atoms with van der Waals surface area (Å²) in [5, 5.41) is 18.1. The monoisotopic (exact) mass is 295 g/mol. The molecule has 0 bridgehead atoms. The van der Waals surface area contributed by atoms with E-state index in [1.165, 1.54) is 4.73 Å². The molecule has 0 aliphatic carbocycles. The minimum Gasteiger partial charge on any atom is -0.387 e. The molecule has 3 heterocycles. The molecule has 0 unspecified atom stereocenters. The molecule has 7 heteroatoms. The molecule has 0 saturated heterocycles. The van der Waals surface area contributed by atoms with E-state index in [4.69, 9.17) is 14.8 Å². The zero-order valence-corrected chi connectivity index (χ0v) is 11.7. The number of hydrogen-bond donors (Lipinski definition) is 2. The number of nitrogens with zero attached hydrogens (tertiary/aromatic N) is 3. The first-order valence-corrected chi connectivity index (χ1v) is 6.96. The molecule has 1 aromatic carbocycles. The summed E-state index contributed by atoms with van der Waals surface area (Å²) in [5.41, 5.74) is 3.92. The number of imidazole rings is 1. The predicted octanol–water partition coefficient (Wildman–Crippen LogP) is -0.521. The molecule has 1 aliphatic heterocycles. The molecule has 2 N–H and O–H groups in total. The molecule has 4 rings (SSSR count). The molecule has 0 amide bonds. The van der Waals surface area contributed by atoms with E-state index in [1.807, 2.05) is 59.6 Å². The third-order valence-corrected chi connectivity index (χ3v) is 3.72. The highest BCUT2D eigenvalue weighted by atomic mass is 16.7. The second kappa shape index (κ2) is 4.97. The van der Waals surface area contributed by atoms with E-state index >= 15 is 0 Å². The third kappa shape index (κ3) is 2.07. The van der Waals surface area contributed by atoms with Gasteiger partial charge in [-0.2, -0.15) is 0 Å². The number of para-hydroxylation sites is 1. The first-order chi connectivity index (χ1) is 10.7. The van der Waals surface area contributed by atoms with Gasteiger partial charge in [-0.1, -0.05) is 18.2 Å². The van der Waals surface area contributed by atoms with Gasteiger partial charge in [-0.3, -0.25) is 4.76 Å². The summed E-state index contributed by atoms with van der Waals surface area (Å²) in [6, 6.07) is 13.8. The van der Waals surface area contributed by atoms with E-state index in [2.05, 4.69) is 4.57 Å². The second-order valence-electron chi connectivity index (χ2n) is 5.14. The number of pyridine rings is 1. The molecule has 2 aromatic heterocycles. The molecule has 0 saturated carbocycles. The third-order valence-electron chi connectivity index (χ3n) is 3.72. The zero-order valence-electron chi connectivity index (χ0n) is 11.7. The van der Waals surface area contributed by atoms with Crippen LogP contribution in [0, 0.1) is 0 Å². The van der Waals surface area contributed by atoms with Crippen LogP contribution in [-0.2, 0) is 6.54 Å². The Hall–Kier alpha value is -2.64. The number of fused-ring (bicyclic) bond motifs is 3. The van der Waals surface area contributed by atoms with Gasteiger partial charge in [0, 0.05) is 10.8 Å². The number of rotatable bonds is 3. The van der Waals surface area contributed by atoms with Crippen LogP contribution in [-0.4, -0.2) is 21.9 Å². The largest absolute Gasteiger partial charge is 0.771 e.